The van der Waals surface area contributed by atoms with E-state index in [9.17, 15) is 4.79 Å². The van der Waals surface area contributed by atoms with Gasteiger partial charge < -0.3 is 14.5 Å². The largest absolute Gasteiger partial charge is 0.467 e. The maximum absolute atomic E-state index is 11.5. The van der Waals surface area contributed by atoms with Gasteiger partial charge in [-0.1, -0.05) is 0 Å². The van der Waals surface area contributed by atoms with Gasteiger partial charge in [0.2, 0.25) is 5.91 Å². The Labute approximate surface area is 88.6 Å². The topological polar surface area (TPSA) is 51.5 Å². The first kappa shape index (κ1) is 10.2. The van der Waals surface area contributed by atoms with Gasteiger partial charge in [0, 0.05) is 6.61 Å². The number of rotatable bonds is 4. The summed E-state index contributed by atoms with van der Waals surface area (Å²) in [4.78, 5) is 11.5. The van der Waals surface area contributed by atoms with Crippen LogP contribution in [-0.4, -0.2) is 18.6 Å². The van der Waals surface area contributed by atoms with Gasteiger partial charge in [0.25, 0.3) is 0 Å². The zero-order valence-corrected chi connectivity index (χ0v) is 8.57. The molecule has 1 unspecified atom stereocenters. The lowest BCUT2D eigenvalue weighted by atomic mass is 10.2. The van der Waals surface area contributed by atoms with Gasteiger partial charge in [0.1, 0.15) is 5.76 Å². The van der Waals surface area contributed by atoms with Crippen LogP contribution in [0.5, 0.6) is 0 Å². The predicted octanol–water partition coefficient (Wildman–Crippen LogP) is 1.46. The van der Waals surface area contributed by atoms with E-state index in [4.69, 9.17) is 9.15 Å². The van der Waals surface area contributed by atoms with E-state index in [1.807, 2.05) is 12.1 Å². The smallest absolute Gasteiger partial charge is 0.222 e. The van der Waals surface area contributed by atoms with E-state index in [1.165, 1.54) is 0 Å². The molecule has 4 heteroatoms. The summed E-state index contributed by atoms with van der Waals surface area (Å²) >= 11 is 0. The van der Waals surface area contributed by atoms with Gasteiger partial charge in [0.05, 0.1) is 25.3 Å². The van der Waals surface area contributed by atoms with Crippen LogP contribution in [0.15, 0.2) is 22.8 Å². The maximum atomic E-state index is 11.5. The van der Waals surface area contributed by atoms with Gasteiger partial charge in [-0.2, -0.15) is 0 Å². The Morgan fingerprint density at radius 2 is 2.53 bits per heavy atom. The molecule has 1 aliphatic rings. The molecule has 0 spiro atoms. The molecule has 4 nitrogen and oxygen atoms in total. The number of carbonyl (C=O) groups excluding carboxylic acids is 1. The molecule has 1 saturated heterocycles. The minimum absolute atomic E-state index is 0.0262. The van der Waals surface area contributed by atoms with Crippen molar-refractivity contribution in [3.8, 4) is 0 Å². The van der Waals surface area contributed by atoms with Crippen molar-refractivity contribution in [1.29, 1.82) is 0 Å². The predicted molar refractivity (Wildman–Crippen MR) is 54.1 cm³/mol. The summed E-state index contributed by atoms with van der Waals surface area (Å²) in [6.07, 6.45) is 4.23. The van der Waals surface area contributed by atoms with E-state index in [0.717, 1.165) is 25.2 Å². The molecule has 1 aromatic rings. The fourth-order valence-corrected chi connectivity index (χ4v) is 1.68. The summed E-state index contributed by atoms with van der Waals surface area (Å²) < 4.78 is 10.5. The molecule has 0 saturated carbocycles. The lowest BCUT2D eigenvalue weighted by Gasteiger charge is -2.08. The third-order valence-electron chi connectivity index (χ3n) is 2.48. The second-order valence-electron chi connectivity index (χ2n) is 3.70. The van der Waals surface area contributed by atoms with Gasteiger partial charge in [-0.25, -0.2) is 0 Å². The molecular weight excluding hydrogens is 194 g/mol. The van der Waals surface area contributed by atoms with Gasteiger partial charge in [0.15, 0.2) is 0 Å². The minimum Gasteiger partial charge on any atom is -0.467 e. The lowest BCUT2D eigenvalue weighted by molar-refractivity contribution is -0.123. The normalized spacial score (nSPS) is 20.4. The minimum atomic E-state index is 0.0262. The van der Waals surface area contributed by atoms with E-state index >= 15 is 0 Å². The van der Waals surface area contributed by atoms with E-state index in [-0.39, 0.29) is 12.0 Å². The second-order valence-corrected chi connectivity index (χ2v) is 3.70. The molecule has 0 bridgehead atoms. The first-order valence-electron chi connectivity index (χ1n) is 5.25. The van der Waals surface area contributed by atoms with Crippen LogP contribution in [0.1, 0.15) is 25.0 Å². The van der Waals surface area contributed by atoms with Crippen molar-refractivity contribution >= 4 is 5.91 Å². The highest BCUT2D eigenvalue weighted by Gasteiger charge is 2.18. The average Bonchev–Trinajstić information content (AvgIpc) is 2.86. The van der Waals surface area contributed by atoms with Crippen molar-refractivity contribution < 1.29 is 13.9 Å². The number of hydrogen-bond donors (Lipinski definition) is 1. The number of nitrogens with one attached hydrogen (secondary N) is 1. The Hall–Kier alpha value is -1.29. The van der Waals surface area contributed by atoms with Crippen LogP contribution in [0, 0.1) is 0 Å². The summed E-state index contributed by atoms with van der Waals surface area (Å²) in [7, 11) is 0. The standard InChI is InChI=1S/C11H15NO3/c13-11(7-9-3-1-5-14-9)12-8-10-4-2-6-15-10/h2,4,6,9H,1,3,5,7-8H2,(H,12,13). The molecule has 0 radical (unpaired) electrons. The summed E-state index contributed by atoms with van der Waals surface area (Å²) in [5.74, 6) is 0.800. The molecule has 1 amide bonds. The summed E-state index contributed by atoms with van der Waals surface area (Å²) in [5, 5.41) is 2.80. The van der Waals surface area contributed by atoms with Gasteiger partial charge in [-0.05, 0) is 25.0 Å². The number of amides is 1. The number of carbonyl (C=O) groups is 1. The Morgan fingerprint density at radius 1 is 1.60 bits per heavy atom. The van der Waals surface area contributed by atoms with Crippen LogP contribution in [-0.2, 0) is 16.1 Å². The van der Waals surface area contributed by atoms with Crippen molar-refractivity contribution in [3.05, 3.63) is 24.2 Å². The number of hydrogen-bond acceptors (Lipinski definition) is 3. The first-order valence-corrected chi connectivity index (χ1v) is 5.25. The van der Waals surface area contributed by atoms with E-state index in [1.54, 1.807) is 6.26 Å². The highest BCUT2D eigenvalue weighted by molar-refractivity contribution is 5.76. The Balaban J connectivity index is 1.68. The lowest BCUT2D eigenvalue weighted by Crippen LogP contribution is -2.26. The van der Waals surface area contributed by atoms with Crippen LogP contribution in [0.4, 0.5) is 0 Å². The zero-order valence-electron chi connectivity index (χ0n) is 8.57. The molecule has 0 aromatic carbocycles. The van der Waals surface area contributed by atoms with Crippen LogP contribution in [0.3, 0.4) is 0 Å². The van der Waals surface area contributed by atoms with Crippen LogP contribution < -0.4 is 5.32 Å². The zero-order chi connectivity index (χ0) is 10.5. The van der Waals surface area contributed by atoms with Crippen LogP contribution >= 0.6 is 0 Å². The van der Waals surface area contributed by atoms with Crippen molar-refractivity contribution in [2.75, 3.05) is 6.61 Å². The van der Waals surface area contributed by atoms with E-state index in [2.05, 4.69) is 5.32 Å². The molecule has 1 aliphatic heterocycles. The van der Waals surface area contributed by atoms with E-state index < -0.39 is 0 Å². The molecule has 1 fully saturated rings. The summed E-state index contributed by atoms with van der Waals surface area (Å²) in [6, 6.07) is 3.65. The highest BCUT2D eigenvalue weighted by Crippen LogP contribution is 2.14. The fourth-order valence-electron chi connectivity index (χ4n) is 1.68. The van der Waals surface area contributed by atoms with Crippen molar-refractivity contribution in [3.63, 3.8) is 0 Å². The third-order valence-corrected chi connectivity index (χ3v) is 2.48. The summed E-state index contributed by atoms with van der Waals surface area (Å²) in [5.41, 5.74) is 0. The van der Waals surface area contributed by atoms with Crippen molar-refractivity contribution in [2.24, 2.45) is 0 Å². The van der Waals surface area contributed by atoms with Gasteiger partial charge >= 0.3 is 0 Å². The van der Waals surface area contributed by atoms with E-state index in [0.29, 0.717) is 13.0 Å². The molecule has 2 heterocycles. The molecule has 1 aromatic heterocycles. The molecule has 2 rings (SSSR count). The van der Waals surface area contributed by atoms with Gasteiger partial charge in [-0.3, -0.25) is 4.79 Å². The molecular formula is C11H15NO3. The Kier molecular flexibility index (Phi) is 3.40. The van der Waals surface area contributed by atoms with Crippen LogP contribution in [0.2, 0.25) is 0 Å². The van der Waals surface area contributed by atoms with Crippen LogP contribution in [0.25, 0.3) is 0 Å². The van der Waals surface area contributed by atoms with Gasteiger partial charge in [-0.15, -0.1) is 0 Å². The second kappa shape index (κ2) is 4.98. The molecule has 15 heavy (non-hydrogen) atoms. The Bertz CT molecular complexity index is 302. The molecule has 1 N–H and O–H groups in total. The van der Waals surface area contributed by atoms with Crippen molar-refractivity contribution in [1.82, 2.24) is 5.32 Å². The SMILES string of the molecule is O=C(CC1CCCO1)NCc1ccco1. The monoisotopic (exact) mass is 209 g/mol. The molecule has 0 aliphatic carbocycles. The third kappa shape index (κ3) is 3.09. The quantitative estimate of drug-likeness (QED) is 0.816. The fraction of sp³-hybridized carbons (Fsp3) is 0.545. The Morgan fingerprint density at radius 3 is 3.20 bits per heavy atom. The van der Waals surface area contributed by atoms with Crippen molar-refractivity contribution in [2.45, 2.75) is 31.9 Å². The first-order chi connectivity index (χ1) is 7.34. The number of ether oxygens (including phenoxy) is 1. The number of furan rings is 1. The highest BCUT2D eigenvalue weighted by atomic mass is 16.5. The molecule has 1 atom stereocenters. The molecule has 82 valence electrons. The maximum Gasteiger partial charge on any atom is 0.222 e. The average molecular weight is 209 g/mol. The summed E-state index contributed by atoms with van der Waals surface area (Å²) in [6.45, 7) is 1.24.